The van der Waals surface area contributed by atoms with Gasteiger partial charge in [0.1, 0.15) is 0 Å². The largest absolute Gasteiger partial charge is 0.463 e. The summed E-state index contributed by atoms with van der Waals surface area (Å²) in [4.78, 5) is 26.4. The molecule has 1 aromatic heterocycles. The van der Waals surface area contributed by atoms with E-state index in [4.69, 9.17) is 4.74 Å². The normalized spacial score (nSPS) is 11.3. The fourth-order valence-electron chi connectivity index (χ4n) is 4.79. The van der Waals surface area contributed by atoms with Crippen molar-refractivity contribution in [3.05, 3.63) is 150 Å². The van der Waals surface area contributed by atoms with Gasteiger partial charge in [-0.2, -0.15) is 0 Å². The molecular formula is C35H29NO3. The summed E-state index contributed by atoms with van der Waals surface area (Å²) in [5.74, 6) is -0.410. The molecule has 0 bridgehead atoms. The molecule has 0 spiro atoms. The van der Waals surface area contributed by atoms with Gasteiger partial charge in [-0.05, 0) is 29.2 Å². The van der Waals surface area contributed by atoms with E-state index in [0.717, 1.165) is 39.1 Å². The highest BCUT2D eigenvalue weighted by Crippen LogP contribution is 2.41. The first kappa shape index (κ1) is 25.7. The molecule has 4 nitrogen and oxygen atoms in total. The molecule has 0 atom stereocenters. The Morgan fingerprint density at radius 1 is 0.692 bits per heavy atom. The van der Waals surface area contributed by atoms with Crippen LogP contribution < -0.4 is 0 Å². The average molecular weight is 512 g/mol. The summed E-state index contributed by atoms with van der Waals surface area (Å²) < 4.78 is 7.36. The van der Waals surface area contributed by atoms with Crippen molar-refractivity contribution in [1.29, 1.82) is 0 Å². The summed E-state index contributed by atoms with van der Waals surface area (Å²) >= 11 is 0. The predicted octanol–water partition coefficient (Wildman–Crippen LogP) is 7.70. The number of Topliss-reactive ketones (excluding diaryl/α,β-unsaturated/α-hetero) is 1. The van der Waals surface area contributed by atoms with Crippen molar-refractivity contribution in [2.75, 3.05) is 6.61 Å². The van der Waals surface area contributed by atoms with E-state index in [1.54, 1.807) is 13.0 Å². The second-order valence-electron chi connectivity index (χ2n) is 9.09. The summed E-state index contributed by atoms with van der Waals surface area (Å²) in [6.07, 6.45) is 3.59. The Morgan fingerprint density at radius 2 is 1.21 bits per heavy atom. The molecule has 0 saturated heterocycles. The first-order valence-corrected chi connectivity index (χ1v) is 13.0. The van der Waals surface area contributed by atoms with Crippen LogP contribution in [-0.4, -0.2) is 22.9 Å². The van der Waals surface area contributed by atoms with Gasteiger partial charge in [0.25, 0.3) is 0 Å². The zero-order valence-electron chi connectivity index (χ0n) is 21.8. The van der Waals surface area contributed by atoms with Crippen LogP contribution in [0.2, 0.25) is 0 Å². The van der Waals surface area contributed by atoms with Crippen molar-refractivity contribution in [3.8, 4) is 22.4 Å². The molecule has 5 rings (SSSR count). The highest BCUT2D eigenvalue weighted by molar-refractivity contribution is 6.04. The van der Waals surface area contributed by atoms with E-state index in [9.17, 15) is 9.59 Å². The highest BCUT2D eigenvalue weighted by Gasteiger charge is 2.24. The second kappa shape index (κ2) is 12.1. The third-order valence-electron chi connectivity index (χ3n) is 6.52. The summed E-state index contributed by atoms with van der Waals surface area (Å²) in [5.41, 5.74) is 6.85. The maximum absolute atomic E-state index is 13.4. The lowest BCUT2D eigenvalue weighted by Crippen LogP contribution is -2.11. The number of esters is 1. The maximum atomic E-state index is 13.4. The van der Waals surface area contributed by atoms with Crippen LogP contribution in [-0.2, 0) is 16.1 Å². The lowest BCUT2D eigenvalue weighted by atomic mass is 9.90. The quantitative estimate of drug-likeness (QED) is 0.116. The molecule has 0 unspecified atom stereocenters. The van der Waals surface area contributed by atoms with Crippen LogP contribution in [0.15, 0.2) is 134 Å². The minimum atomic E-state index is -0.414. The van der Waals surface area contributed by atoms with E-state index in [1.807, 2.05) is 132 Å². The van der Waals surface area contributed by atoms with Gasteiger partial charge < -0.3 is 9.30 Å². The van der Waals surface area contributed by atoms with Gasteiger partial charge in [0.15, 0.2) is 5.78 Å². The van der Waals surface area contributed by atoms with E-state index >= 15 is 0 Å². The van der Waals surface area contributed by atoms with Crippen molar-refractivity contribution in [2.24, 2.45) is 0 Å². The Bertz CT molecular complexity index is 1590. The molecule has 4 heteroatoms. The lowest BCUT2D eigenvalue weighted by molar-refractivity contribution is -0.137. The fraction of sp³-hybridized carbons (Fsp3) is 0.0857. The predicted molar refractivity (Wildman–Crippen MR) is 156 cm³/mol. The standard InChI is InChI=1S/C35H29NO3/c1-2-39-33(38)23-30(26-15-7-3-8-16-26)34-31(27-17-9-4-10-18-27)24-36(35(34)29-21-13-6-14-22-29)25-32(37)28-19-11-5-12-20-28/h3-24H,2,25H2,1H3/b30-23-. The molecule has 0 N–H and O–H groups in total. The van der Waals surface area contributed by atoms with Crippen LogP contribution in [0.5, 0.6) is 0 Å². The summed E-state index contributed by atoms with van der Waals surface area (Å²) in [5, 5.41) is 0. The maximum Gasteiger partial charge on any atom is 0.331 e. The molecule has 0 aliphatic rings. The van der Waals surface area contributed by atoms with Crippen molar-refractivity contribution >= 4 is 17.3 Å². The molecule has 5 aromatic rings. The Kier molecular flexibility index (Phi) is 7.94. The number of rotatable bonds is 9. The molecular weight excluding hydrogens is 482 g/mol. The number of benzene rings is 4. The topological polar surface area (TPSA) is 48.3 Å². The molecule has 1 heterocycles. The SMILES string of the molecule is CCOC(=O)/C=C(/c1ccccc1)c1c(-c2ccccc2)cn(CC(=O)c2ccccc2)c1-c1ccccc1. The Hall–Kier alpha value is -4.96. The number of carbonyl (C=O) groups is 2. The second-order valence-corrected chi connectivity index (χ2v) is 9.09. The van der Waals surface area contributed by atoms with E-state index in [2.05, 4.69) is 0 Å². The van der Waals surface area contributed by atoms with Gasteiger partial charge in [0, 0.05) is 29.0 Å². The average Bonchev–Trinajstić information content (AvgIpc) is 3.36. The Labute approximate surface area is 228 Å². The number of hydrogen-bond acceptors (Lipinski definition) is 3. The minimum absolute atomic E-state index is 0.00424. The zero-order chi connectivity index (χ0) is 27.0. The number of hydrogen-bond donors (Lipinski definition) is 0. The van der Waals surface area contributed by atoms with E-state index in [1.165, 1.54) is 0 Å². The van der Waals surface area contributed by atoms with Crippen molar-refractivity contribution in [3.63, 3.8) is 0 Å². The summed E-state index contributed by atoms with van der Waals surface area (Å²) in [6.45, 7) is 2.22. The molecule has 0 amide bonds. The van der Waals surface area contributed by atoms with Crippen LogP contribution >= 0.6 is 0 Å². The van der Waals surface area contributed by atoms with Gasteiger partial charge in [0.05, 0.1) is 18.8 Å². The number of nitrogens with zero attached hydrogens (tertiary/aromatic N) is 1. The zero-order valence-corrected chi connectivity index (χ0v) is 21.8. The van der Waals surface area contributed by atoms with Crippen LogP contribution in [0.4, 0.5) is 0 Å². The van der Waals surface area contributed by atoms with Crippen LogP contribution in [0.3, 0.4) is 0 Å². The number of ether oxygens (including phenoxy) is 1. The third-order valence-corrected chi connectivity index (χ3v) is 6.52. The molecule has 0 radical (unpaired) electrons. The van der Waals surface area contributed by atoms with Crippen LogP contribution in [0, 0.1) is 0 Å². The highest BCUT2D eigenvalue weighted by atomic mass is 16.5. The first-order chi connectivity index (χ1) is 19.2. The monoisotopic (exact) mass is 511 g/mol. The van der Waals surface area contributed by atoms with Gasteiger partial charge in [-0.15, -0.1) is 0 Å². The lowest BCUT2D eigenvalue weighted by Gasteiger charge is -2.16. The van der Waals surface area contributed by atoms with Gasteiger partial charge in [-0.1, -0.05) is 121 Å². The summed E-state index contributed by atoms with van der Waals surface area (Å²) in [6, 6.07) is 39.2. The number of aromatic nitrogens is 1. The van der Waals surface area contributed by atoms with Crippen molar-refractivity contribution < 1.29 is 14.3 Å². The summed E-state index contributed by atoms with van der Waals surface area (Å²) in [7, 11) is 0. The number of carbonyl (C=O) groups excluding carboxylic acids is 2. The van der Waals surface area contributed by atoms with Gasteiger partial charge in [-0.3, -0.25) is 4.79 Å². The van der Waals surface area contributed by atoms with Crippen molar-refractivity contribution in [2.45, 2.75) is 13.5 Å². The van der Waals surface area contributed by atoms with E-state index < -0.39 is 5.97 Å². The van der Waals surface area contributed by atoms with Crippen molar-refractivity contribution in [1.82, 2.24) is 4.57 Å². The number of ketones is 1. The van der Waals surface area contributed by atoms with Gasteiger partial charge in [0.2, 0.25) is 0 Å². The van der Waals surface area contributed by atoms with Crippen LogP contribution in [0.1, 0.15) is 28.4 Å². The fourth-order valence-corrected chi connectivity index (χ4v) is 4.79. The molecule has 0 saturated carbocycles. The molecule has 0 fully saturated rings. The van der Waals surface area contributed by atoms with Crippen LogP contribution in [0.25, 0.3) is 28.0 Å². The smallest absolute Gasteiger partial charge is 0.331 e. The van der Waals surface area contributed by atoms with E-state index in [0.29, 0.717) is 5.56 Å². The minimum Gasteiger partial charge on any atom is -0.463 e. The molecule has 0 aliphatic carbocycles. The Morgan fingerprint density at radius 3 is 1.77 bits per heavy atom. The van der Waals surface area contributed by atoms with Gasteiger partial charge in [-0.25, -0.2) is 4.79 Å². The Balaban J connectivity index is 1.81. The molecule has 0 aliphatic heterocycles. The van der Waals surface area contributed by atoms with E-state index in [-0.39, 0.29) is 18.9 Å². The molecule has 39 heavy (non-hydrogen) atoms. The molecule has 192 valence electrons. The molecule has 4 aromatic carbocycles. The van der Waals surface area contributed by atoms with Gasteiger partial charge >= 0.3 is 5.97 Å². The third kappa shape index (κ3) is 5.81. The first-order valence-electron chi connectivity index (χ1n) is 13.0.